The lowest BCUT2D eigenvalue weighted by atomic mass is 9.12. The Morgan fingerprint density at radius 2 is 0.429 bits per heavy atom. The Balaban J connectivity index is 0.000000397. The summed E-state index contributed by atoms with van der Waals surface area (Å²) in [6, 6.07) is 21.6. The molecule has 410 valence electrons. The first-order valence-corrected chi connectivity index (χ1v) is 22.6. The summed E-state index contributed by atoms with van der Waals surface area (Å²) >= 11 is 0. The smallest absolute Gasteiger partial charge is 0.194 e. The summed E-state index contributed by atoms with van der Waals surface area (Å²) in [5.74, 6) is 0. The predicted molar refractivity (Wildman–Crippen MR) is 236 cm³/mol. The van der Waals surface area contributed by atoms with Gasteiger partial charge < -0.3 is 0 Å². The van der Waals surface area contributed by atoms with Crippen LogP contribution in [0.25, 0.3) is 0 Å². The van der Waals surface area contributed by atoms with Crippen LogP contribution < -0.4 is 21.9 Å². The maximum atomic E-state index is 14.2. The number of hydrogen-bond acceptors (Lipinski definition) is 0. The molecule has 0 saturated heterocycles. The van der Waals surface area contributed by atoms with E-state index in [1.807, 2.05) is 0 Å². The lowest BCUT2D eigenvalue weighted by Gasteiger charge is -2.46. The highest BCUT2D eigenvalue weighted by molar-refractivity contribution is 7.97. The maximum absolute atomic E-state index is 14.2. The minimum atomic E-state index is -6.13. The minimum absolute atomic E-state index is 0.0229. The van der Waals surface area contributed by atoms with Gasteiger partial charge in [-0.15, -0.1) is 0 Å². The van der Waals surface area contributed by atoms with E-state index in [4.69, 9.17) is 0 Å². The summed E-state index contributed by atoms with van der Waals surface area (Å²) < 4.78 is 341. The third-order valence-corrected chi connectivity index (χ3v) is 13.9. The van der Waals surface area contributed by atoms with E-state index < -0.39 is 195 Å². The van der Waals surface area contributed by atoms with Crippen LogP contribution in [0.4, 0.5) is 105 Å². The molecule has 7 rings (SSSR count). The van der Waals surface area contributed by atoms with Crippen LogP contribution in [0.3, 0.4) is 0 Å². The Bertz CT molecular complexity index is 2700. The molecule has 0 aliphatic rings. The maximum Gasteiger partial charge on any atom is 0.416 e. The molecule has 7 aromatic carbocycles. The van der Waals surface area contributed by atoms with Crippen molar-refractivity contribution in [3.63, 3.8) is 0 Å². The van der Waals surface area contributed by atoms with Crippen molar-refractivity contribution in [1.29, 1.82) is 0 Å². The molecule has 0 fully saturated rings. The summed E-state index contributed by atoms with van der Waals surface area (Å²) in [4.78, 5) is 4.10. The highest BCUT2D eigenvalue weighted by atomic mass is 32.2. The SMILES string of the molecule is Cc1ccc([S+](c2ccccc2)c2ccccc2)cc1.FC(F)(F)c1cc([B-](c2cc(C(F)(F)F)cc(C(F)(F)F)c2)(c2cc(C(F)(F)F)cc(C(F)(F)F)c2)c2cc(C(F)(F)F)cc(C(F)(F)F)c2)cc(C(F)(F)F)c1. The first-order valence-electron chi connectivity index (χ1n) is 21.4. The normalized spacial score (nSPS) is 13.4. The van der Waals surface area contributed by atoms with Gasteiger partial charge >= 0.3 is 49.4 Å². The number of rotatable bonds is 7. The topological polar surface area (TPSA) is 0 Å². The van der Waals surface area contributed by atoms with Crippen molar-refractivity contribution in [2.75, 3.05) is 0 Å². The Labute approximate surface area is 422 Å². The average molecular weight is 1140 g/mol. The molecule has 0 heterocycles. The molecule has 0 atom stereocenters. The van der Waals surface area contributed by atoms with Crippen molar-refractivity contribution in [2.24, 2.45) is 0 Å². The second-order valence-corrected chi connectivity index (χ2v) is 19.0. The number of halogens is 24. The molecule has 0 unspecified atom stereocenters. The van der Waals surface area contributed by atoms with Crippen molar-refractivity contribution in [3.05, 3.63) is 208 Å². The van der Waals surface area contributed by atoms with E-state index in [9.17, 15) is 105 Å². The fourth-order valence-corrected chi connectivity index (χ4v) is 10.3. The fraction of sp³-hybridized carbons (Fsp3) is 0.176. The van der Waals surface area contributed by atoms with Gasteiger partial charge in [0.2, 0.25) is 0 Å². The summed E-state index contributed by atoms with van der Waals surface area (Å²) in [6.45, 7) is 2.13. The standard InChI is InChI=1S/C32H12BF24.C19H17S/c34-25(35,36)13-1-14(26(37,38)39)6-21(5-13)33(22-7-15(27(40,41)42)2-16(8-22)28(43,44)45,23-9-17(29(46,47)48)3-18(10-23)30(49,50)51)24-11-19(31(52,53)54)4-20(12-24)32(55,56)57;1-16-12-14-19(15-13-16)20(17-8-4-2-5-9-17)18-10-6-3-7-11-18/h1-12H;2-15H,1H3/q-1;+1. The number of aryl methyl sites for hydroxylation is 1. The lowest BCUT2D eigenvalue weighted by molar-refractivity contribution is -0.144. The van der Waals surface area contributed by atoms with Gasteiger partial charge in [-0.1, -0.05) is 103 Å². The van der Waals surface area contributed by atoms with Crippen LogP contribution in [0.15, 0.2) is 172 Å². The van der Waals surface area contributed by atoms with E-state index in [1.165, 1.54) is 20.2 Å². The van der Waals surface area contributed by atoms with E-state index in [2.05, 4.69) is 91.9 Å². The fourth-order valence-electron chi connectivity index (χ4n) is 8.27. The van der Waals surface area contributed by atoms with E-state index in [0.717, 1.165) is 0 Å². The van der Waals surface area contributed by atoms with Crippen LogP contribution in [0.2, 0.25) is 0 Å². The second kappa shape index (κ2) is 20.9. The van der Waals surface area contributed by atoms with Gasteiger partial charge in [-0.3, -0.25) is 0 Å². The van der Waals surface area contributed by atoms with E-state index in [-0.39, 0.29) is 10.9 Å². The van der Waals surface area contributed by atoms with Crippen molar-refractivity contribution < 1.29 is 105 Å². The van der Waals surface area contributed by atoms with Gasteiger partial charge in [-0.2, -0.15) is 127 Å². The summed E-state index contributed by atoms with van der Waals surface area (Å²) in [5.41, 5.74) is -28.9. The lowest BCUT2D eigenvalue weighted by Crippen LogP contribution is -2.75. The van der Waals surface area contributed by atoms with Crippen LogP contribution in [0, 0.1) is 6.92 Å². The van der Waals surface area contributed by atoms with Crippen molar-refractivity contribution >= 4 is 38.9 Å². The molecule has 0 saturated carbocycles. The van der Waals surface area contributed by atoms with Gasteiger partial charge in [-0.25, -0.2) is 0 Å². The Kier molecular flexibility index (Phi) is 16.2. The van der Waals surface area contributed by atoms with E-state index in [1.54, 1.807) is 0 Å². The molecule has 0 N–H and O–H groups in total. The zero-order valence-corrected chi connectivity index (χ0v) is 38.9. The van der Waals surface area contributed by atoms with E-state index in [0.29, 0.717) is 0 Å². The van der Waals surface area contributed by atoms with Crippen molar-refractivity contribution in [1.82, 2.24) is 0 Å². The summed E-state index contributed by atoms with van der Waals surface area (Å²) in [6.07, 6.45) is -54.8. The molecular formula is C51H29BF24S. The highest BCUT2D eigenvalue weighted by Crippen LogP contribution is 2.42. The molecule has 0 radical (unpaired) electrons. The molecule has 0 aromatic heterocycles. The minimum Gasteiger partial charge on any atom is -0.194 e. The Morgan fingerprint density at radius 3 is 0.610 bits per heavy atom. The molecule has 26 heteroatoms. The first-order chi connectivity index (χ1) is 35.1. The average Bonchev–Trinajstić information content (AvgIpc) is 3.31. The first kappa shape index (κ1) is 59.5. The Morgan fingerprint density at radius 1 is 0.247 bits per heavy atom. The molecule has 0 amide bonds. The second-order valence-electron chi connectivity index (χ2n) is 17.0. The third-order valence-electron chi connectivity index (χ3n) is 11.7. The molecule has 0 aliphatic carbocycles. The van der Waals surface area contributed by atoms with Gasteiger partial charge in [0.1, 0.15) is 6.15 Å². The van der Waals surface area contributed by atoms with Crippen molar-refractivity contribution in [3.8, 4) is 0 Å². The molecule has 0 spiro atoms. The highest BCUT2D eigenvalue weighted by Gasteiger charge is 2.47. The van der Waals surface area contributed by atoms with Crippen molar-refractivity contribution in [2.45, 2.75) is 71.0 Å². The van der Waals surface area contributed by atoms with Gasteiger partial charge in [0, 0.05) is 0 Å². The van der Waals surface area contributed by atoms with Gasteiger partial charge in [0.05, 0.1) is 55.4 Å². The number of hydrogen-bond donors (Lipinski definition) is 0. The van der Waals surface area contributed by atoms with Crippen LogP contribution in [-0.4, -0.2) is 6.15 Å². The largest absolute Gasteiger partial charge is 0.416 e. The predicted octanol–water partition coefficient (Wildman–Crippen LogP) is 16.3. The zero-order chi connectivity index (χ0) is 57.7. The quantitative estimate of drug-likeness (QED) is 0.0848. The van der Waals surface area contributed by atoms with Gasteiger partial charge in [-0.05, 0) is 67.6 Å². The zero-order valence-electron chi connectivity index (χ0n) is 38.1. The van der Waals surface area contributed by atoms with Gasteiger partial charge in [0.25, 0.3) is 0 Å². The Hall–Kier alpha value is -6.73. The number of alkyl halides is 24. The molecule has 77 heavy (non-hydrogen) atoms. The van der Waals surface area contributed by atoms with Crippen LogP contribution in [0.5, 0.6) is 0 Å². The van der Waals surface area contributed by atoms with E-state index >= 15 is 0 Å². The monoisotopic (exact) mass is 1140 g/mol. The number of benzene rings is 7. The van der Waals surface area contributed by atoms with Crippen LogP contribution >= 0.6 is 0 Å². The molecule has 0 bridgehead atoms. The summed E-state index contributed by atoms with van der Waals surface area (Å²) in [5, 5.41) is 0. The van der Waals surface area contributed by atoms with Gasteiger partial charge in [0.15, 0.2) is 14.7 Å². The van der Waals surface area contributed by atoms with Crippen LogP contribution in [0.1, 0.15) is 50.1 Å². The third kappa shape index (κ3) is 13.7. The molecule has 0 aliphatic heterocycles. The van der Waals surface area contributed by atoms with Crippen LogP contribution in [-0.2, 0) is 60.3 Å². The molecular weight excluding hydrogens is 1110 g/mol. The molecule has 7 aromatic rings. The summed E-state index contributed by atoms with van der Waals surface area (Å²) in [7, 11) is -0.0229. The molecule has 0 nitrogen and oxygen atoms in total.